The lowest BCUT2D eigenvalue weighted by atomic mass is 10.2. The number of hydrogen-bond acceptors (Lipinski definition) is 11. The van der Waals surface area contributed by atoms with Gasteiger partial charge in [0.05, 0.1) is 43.6 Å². The van der Waals surface area contributed by atoms with Crippen molar-refractivity contribution in [3.05, 3.63) is 78.3 Å². The largest absolute Gasteiger partial charge is 0.493 e. The third kappa shape index (κ3) is 4.60. The van der Waals surface area contributed by atoms with Gasteiger partial charge < -0.3 is 24.5 Å². The quantitative estimate of drug-likeness (QED) is 0.257. The summed E-state index contributed by atoms with van der Waals surface area (Å²) in [6.45, 7) is 0.480. The number of ether oxygens (including phenoxy) is 2. The molecule has 0 aliphatic carbocycles. The maximum atomic E-state index is 5.55. The first-order chi connectivity index (χ1) is 18.7. The summed E-state index contributed by atoms with van der Waals surface area (Å²) in [6, 6.07) is 13.2. The van der Waals surface area contributed by atoms with Gasteiger partial charge in [-0.2, -0.15) is 4.52 Å². The summed E-state index contributed by atoms with van der Waals surface area (Å²) >= 11 is 1.48. The van der Waals surface area contributed by atoms with E-state index in [1.807, 2.05) is 41.8 Å². The standard InChI is InChI=1S/C26H22N8O3S/c1-35-20-8-7-16(11-22(20)36-2)12-28-25-29-14-18(24-32-23(33-34(24)25)21-6-4-10-37-21)19-15-38-26(31-19)30-17-5-3-9-27-13-17/h3-11,13-15H,12H2,1-2H3,(H,28,29)(H,30,31). The summed E-state index contributed by atoms with van der Waals surface area (Å²) in [6.07, 6.45) is 6.81. The lowest BCUT2D eigenvalue weighted by Gasteiger charge is -2.11. The number of benzene rings is 1. The smallest absolute Gasteiger partial charge is 0.226 e. The van der Waals surface area contributed by atoms with E-state index in [0.717, 1.165) is 27.6 Å². The van der Waals surface area contributed by atoms with Gasteiger partial charge in [-0.25, -0.2) is 15.0 Å². The molecule has 1 aromatic carbocycles. The maximum Gasteiger partial charge on any atom is 0.226 e. The minimum absolute atomic E-state index is 0.447. The van der Waals surface area contributed by atoms with E-state index in [1.54, 1.807) is 49.7 Å². The SMILES string of the molecule is COc1ccc(CNc2ncc(-c3csc(Nc4cccnc4)n3)c3nc(-c4ccco4)nn23)cc1OC. The van der Waals surface area contributed by atoms with E-state index in [9.17, 15) is 0 Å². The zero-order valence-corrected chi connectivity index (χ0v) is 21.3. The van der Waals surface area contributed by atoms with Crippen molar-refractivity contribution in [2.75, 3.05) is 24.9 Å². The molecule has 0 fully saturated rings. The fourth-order valence-electron chi connectivity index (χ4n) is 3.87. The first-order valence-corrected chi connectivity index (χ1v) is 12.5. The second-order valence-corrected chi connectivity index (χ2v) is 8.95. The number of nitrogens with zero attached hydrogens (tertiary/aromatic N) is 6. The molecule has 0 spiro atoms. The van der Waals surface area contributed by atoms with Crippen LogP contribution in [0.15, 0.2) is 77.1 Å². The Morgan fingerprint density at radius 3 is 2.74 bits per heavy atom. The molecule has 0 saturated heterocycles. The van der Waals surface area contributed by atoms with E-state index in [1.165, 1.54) is 11.3 Å². The third-order valence-electron chi connectivity index (χ3n) is 5.70. The number of aromatic nitrogens is 6. The highest BCUT2D eigenvalue weighted by Gasteiger charge is 2.19. The predicted octanol–water partition coefficient (Wildman–Crippen LogP) is 5.28. The van der Waals surface area contributed by atoms with Gasteiger partial charge in [-0.15, -0.1) is 16.4 Å². The lowest BCUT2D eigenvalue weighted by molar-refractivity contribution is 0.354. The fraction of sp³-hybridized carbons (Fsp3) is 0.115. The van der Waals surface area contributed by atoms with Crippen LogP contribution in [0.1, 0.15) is 5.56 Å². The van der Waals surface area contributed by atoms with Crippen molar-refractivity contribution in [1.82, 2.24) is 29.5 Å². The van der Waals surface area contributed by atoms with E-state index < -0.39 is 0 Å². The molecule has 0 amide bonds. The lowest BCUT2D eigenvalue weighted by Crippen LogP contribution is -2.08. The second kappa shape index (κ2) is 10.2. The molecule has 11 nitrogen and oxygen atoms in total. The number of pyridine rings is 1. The number of thiazole rings is 1. The predicted molar refractivity (Wildman–Crippen MR) is 144 cm³/mol. The molecule has 0 saturated carbocycles. The van der Waals surface area contributed by atoms with Gasteiger partial charge in [0.2, 0.25) is 11.8 Å². The van der Waals surface area contributed by atoms with E-state index in [4.69, 9.17) is 23.9 Å². The van der Waals surface area contributed by atoms with Crippen LogP contribution in [-0.2, 0) is 6.54 Å². The number of anilines is 3. The van der Waals surface area contributed by atoms with Gasteiger partial charge in [0.1, 0.15) is 0 Å². The van der Waals surface area contributed by atoms with E-state index in [-0.39, 0.29) is 0 Å². The van der Waals surface area contributed by atoms with Gasteiger partial charge in [-0.1, -0.05) is 6.07 Å². The summed E-state index contributed by atoms with van der Waals surface area (Å²) in [5.41, 5.74) is 3.90. The highest BCUT2D eigenvalue weighted by atomic mass is 32.1. The number of furan rings is 1. The summed E-state index contributed by atoms with van der Waals surface area (Å²) in [7, 11) is 3.22. The average Bonchev–Trinajstić information content (AvgIpc) is 3.73. The van der Waals surface area contributed by atoms with Gasteiger partial charge in [0.15, 0.2) is 28.0 Å². The van der Waals surface area contributed by atoms with Crippen LogP contribution in [-0.4, -0.2) is 43.8 Å². The van der Waals surface area contributed by atoms with Crippen LogP contribution < -0.4 is 20.1 Å². The Labute approximate surface area is 221 Å². The molecule has 6 rings (SSSR count). The van der Waals surface area contributed by atoms with Gasteiger partial charge in [-0.05, 0) is 42.0 Å². The zero-order valence-electron chi connectivity index (χ0n) is 20.5. The van der Waals surface area contributed by atoms with Gasteiger partial charge in [0, 0.05) is 24.3 Å². The Morgan fingerprint density at radius 2 is 1.95 bits per heavy atom. The average molecular weight is 527 g/mol. The minimum atomic E-state index is 0.447. The van der Waals surface area contributed by atoms with Crippen LogP contribution in [0.5, 0.6) is 11.5 Å². The van der Waals surface area contributed by atoms with Gasteiger partial charge in [-0.3, -0.25) is 4.98 Å². The molecule has 0 bridgehead atoms. The van der Waals surface area contributed by atoms with Crippen LogP contribution in [0.2, 0.25) is 0 Å². The Balaban J connectivity index is 1.34. The topological polar surface area (TPSA) is 125 Å². The molecule has 38 heavy (non-hydrogen) atoms. The van der Waals surface area contributed by atoms with Crippen LogP contribution >= 0.6 is 11.3 Å². The van der Waals surface area contributed by atoms with Crippen LogP contribution in [0, 0.1) is 0 Å². The summed E-state index contributed by atoms with van der Waals surface area (Å²) in [4.78, 5) is 18.3. The number of methoxy groups -OCH3 is 2. The molecule has 0 unspecified atom stereocenters. The van der Waals surface area contributed by atoms with Crippen molar-refractivity contribution in [3.8, 4) is 34.3 Å². The van der Waals surface area contributed by atoms with Crippen molar-refractivity contribution in [2.45, 2.75) is 6.54 Å². The fourth-order valence-corrected chi connectivity index (χ4v) is 4.60. The first kappa shape index (κ1) is 23.4. The van der Waals surface area contributed by atoms with Crippen LogP contribution in [0.4, 0.5) is 16.8 Å². The molecule has 2 N–H and O–H groups in total. The number of nitrogens with one attached hydrogen (secondary N) is 2. The minimum Gasteiger partial charge on any atom is -0.493 e. The van der Waals surface area contributed by atoms with Crippen LogP contribution in [0.25, 0.3) is 28.5 Å². The second-order valence-electron chi connectivity index (χ2n) is 8.09. The van der Waals surface area contributed by atoms with Crippen LogP contribution in [0.3, 0.4) is 0 Å². The Morgan fingerprint density at radius 1 is 1.03 bits per heavy atom. The molecule has 5 aromatic heterocycles. The summed E-state index contributed by atoms with van der Waals surface area (Å²) < 4.78 is 18.0. The maximum absolute atomic E-state index is 5.55. The molecule has 0 aliphatic rings. The molecular weight excluding hydrogens is 504 g/mol. The number of fused-ring (bicyclic) bond motifs is 1. The van der Waals surface area contributed by atoms with Crippen molar-refractivity contribution >= 4 is 33.8 Å². The first-order valence-electron chi connectivity index (χ1n) is 11.6. The number of hydrogen-bond donors (Lipinski definition) is 2. The van der Waals surface area contributed by atoms with Gasteiger partial charge >= 0.3 is 0 Å². The third-order valence-corrected chi connectivity index (χ3v) is 6.46. The Bertz CT molecular complexity index is 1680. The molecule has 5 heterocycles. The Hall–Kier alpha value is -4.97. The van der Waals surface area contributed by atoms with E-state index in [2.05, 4.69) is 25.7 Å². The highest BCUT2D eigenvalue weighted by Crippen LogP contribution is 2.31. The van der Waals surface area contributed by atoms with E-state index in [0.29, 0.717) is 41.2 Å². The molecule has 0 aliphatic heterocycles. The molecule has 190 valence electrons. The number of rotatable bonds is 9. The normalized spacial score (nSPS) is 11.0. The van der Waals surface area contributed by atoms with E-state index >= 15 is 0 Å². The van der Waals surface area contributed by atoms with Crippen molar-refractivity contribution in [2.24, 2.45) is 0 Å². The van der Waals surface area contributed by atoms with Crippen molar-refractivity contribution < 1.29 is 13.9 Å². The Kier molecular flexibility index (Phi) is 6.28. The summed E-state index contributed by atoms with van der Waals surface area (Å²) in [5.74, 6) is 2.85. The van der Waals surface area contributed by atoms with Crippen molar-refractivity contribution in [1.29, 1.82) is 0 Å². The molecule has 6 aromatic rings. The van der Waals surface area contributed by atoms with Gasteiger partial charge in [0.25, 0.3) is 0 Å². The monoisotopic (exact) mass is 526 g/mol. The molecular formula is C26H22N8O3S. The van der Waals surface area contributed by atoms with Crippen molar-refractivity contribution in [3.63, 3.8) is 0 Å². The highest BCUT2D eigenvalue weighted by molar-refractivity contribution is 7.14. The molecule has 12 heteroatoms. The molecule has 0 atom stereocenters. The zero-order chi connectivity index (χ0) is 25.9. The molecule has 0 radical (unpaired) electrons. The summed E-state index contributed by atoms with van der Waals surface area (Å²) in [5, 5.41) is 14.0.